The van der Waals surface area contributed by atoms with E-state index in [2.05, 4.69) is 46.0 Å². The van der Waals surface area contributed by atoms with Crippen molar-refractivity contribution >= 4 is 16.3 Å². The SMILES string of the molecule is c1ccc2c(c1)cc(C1CC1)n1nccc21. The molecule has 2 aromatic heterocycles. The molecule has 1 aliphatic rings. The van der Waals surface area contributed by atoms with Crippen LogP contribution < -0.4 is 0 Å². The summed E-state index contributed by atoms with van der Waals surface area (Å²) in [5.74, 6) is 0.729. The Bertz CT molecular complexity index is 677. The van der Waals surface area contributed by atoms with Crippen LogP contribution in [-0.4, -0.2) is 9.61 Å². The van der Waals surface area contributed by atoms with Crippen molar-refractivity contribution in [2.45, 2.75) is 18.8 Å². The van der Waals surface area contributed by atoms with E-state index in [0.29, 0.717) is 0 Å². The van der Waals surface area contributed by atoms with E-state index in [9.17, 15) is 0 Å². The molecule has 16 heavy (non-hydrogen) atoms. The van der Waals surface area contributed by atoms with Crippen LogP contribution in [0.4, 0.5) is 0 Å². The van der Waals surface area contributed by atoms with Gasteiger partial charge in [0.1, 0.15) is 0 Å². The second kappa shape index (κ2) is 2.85. The Labute approximate surface area is 93.5 Å². The lowest BCUT2D eigenvalue weighted by Crippen LogP contribution is -1.97. The monoisotopic (exact) mass is 208 g/mol. The average Bonchev–Trinajstić information content (AvgIpc) is 3.04. The van der Waals surface area contributed by atoms with Gasteiger partial charge in [-0.05, 0) is 30.4 Å². The molecule has 0 unspecified atom stereocenters. The molecule has 0 bridgehead atoms. The molecule has 2 heterocycles. The van der Waals surface area contributed by atoms with Crippen molar-refractivity contribution < 1.29 is 0 Å². The minimum absolute atomic E-state index is 0.729. The summed E-state index contributed by atoms with van der Waals surface area (Å²) in [6.45, 7) is 0. The molecule has 0 spiro atoms. The summed E-state index contributed by atoms with van der Waals surface area (Å²) in [4.78, 5) is 0. The van der Waals surface area contributed by atoms with E-state index in [1.54, 1.807) is 0 Å². The number of fused-ring (bicyclic) bond motifs is 3. The Morgan fingerprint density at radius 1 is 1.12 bits per heavy atom. The van der Waals surface area contributed by atoms with Gasteiger partial charge in [0.15, 0.2) is 0 Å². The smallest absolute Gasteiger partial charge is 0.0743 e. The molecule has 0 saturated heterocycles. The molecule has 0 N–H and O–H groups in total. The predicted octanol–water partition coefficient (Wildman–Crippen LogP) is 3.36. The number of pyridine rings is 1. The molecule has 1 aliphatic carbocycles. The van der Waals surface area contributed by atoms with Gasteiger partial charge in [-0.2, -0.15) is 5.10 Å². The minimum atomic E-state index is 0.729. The zero-order valence-electron chi connectivity index (χ0n) is 8.93. The van der Waals surface area contributed by atoms with Gasteiger partial charge in [0.25, 0.3) is 0 Å². The van der Waals surface area contributed by atoms with Crippen molar-refractivity contribution in [1.29, 1.82) is 0 Å². The zero-order valence-corrected chi connectivity index (χ0v) is 8.93. The first kappa shape index (κ1) is 8.34. The topological polar surface area (TPSA) is 17.3 Å². The second-order valence-corrected chi connectivity index (χ2v) is 4.56. The van der Waals surface area contributed by atoms with Gasteiger partial charge in [-0.25, -0.2) is 4.52 Å². The maximum atomic E-state index is 4.45. The lowest BCUT2D eigenvalue weighted by atomic mass is 10.1. The van der Waals surface area contributed by atoms with Crippen molar-refractivity contribution in [3.8, 4) is 0 Å². The number of nitrogens with zero attached hydrogens (tertiary/aromatic N) is 2. The summed E-state index contributed by atoms with van der Waals surface area (Å²) >= 11 is 0. The van der Waals surface area contributed by atoms with Crippen molar-refractivity contribution in [3.63, 3.8) is 0 Å². The van der Waals surface area contributed by atoms with Crippen LogP contribution in [0, 0.1) is 0 Å². The van der Waals surface area contributed by atoms with E-state index >= 15 is 0 Å². The van der Waals surface area contributed by atoms with Crippen LogP contribution in [0.2, 0.25) is 0 Å². The zero-order chi connectivity index (χ0) is 10.5. The minimum Gasteiger partial charge on any atom is -0.237 e. The van der Waals surface area contributed by atoms with Crippen molar-refractivity contribution in [2.24, 2.45) is 0 Å². The van der Waals surface area contributed by atoms with Gasteiger partial charge >= 0.3 is 0 Å². The molecule has 0 radical (unpaired) electrons. The Hall–Kier alpha value is -1.83. The fraction of sp³-hybridized carbons (Fsp3) is 0.214. The number of hydrogen-bond acceptors (Lipinski definition) is 1. The van der Waals surface area contributed by atoms with Crippen molar-refractivity contribution in [3.05, 3.63) is 48.3 Å². The lowest BCUT2D eigenvalue weighted by Gasteiger charge is -2.07. The molecular weight excluding hydrogens is 196 g/mol. The molecule has 0 atom stereocenters. The van der Waals surface area contributed by atoms with Crippen LogP contribution in [0.25, 0.3) is 16.3 Å². The van der Waals surface area contributed by atoms with Gasteiger partial charge in [-0.15, -0.1) is 0 Å². The summed E-state index contributed by atoms with van der Waals surface area (Å²) in [5.41, 5.74) is 2.61. The largest absolute Gasteiger partial charge is 0.237 e. The van der Waals surface area contributed by atoms with E-state index < -0.39 is 0 Å². The third-order valence-corrected chi connectivity index (χ3v) is 3.42. The number of benzene rings is 1. The molecule has 0 amide bonds. The van der Waals surface area contributed by atoms with Gasteiger partial charge in [-0.3, -0.25) is 0 Å². The van der Waals surface area contributed by atoms with Gasteiger partial charge in [0.05, 0.1) is 11.7 Å². The quantitative estimate of drug-likeness (QED) is 0.599. The van der Waals surface area contributed by atoms with Gasteiger partial charge in [0.2, 0.25) is 0 Å². The maximum Gasteiger partial charge on any atom is 0.0743 e. The Morgan fingerprint density at radius 3 is 2.88 bits per heavy atom. The van der Waals surface area contributed by atoms with E-state index in [1.807, 2.05) is 6.20 Å². The Balaban J connectivity index is 2.21. The highest BCUT2D eigenvalue weighted by molar-refractivity contribution is 5.96. The van der Waals surface area contributed by atoms with Crippen molar-refractivity contribution in [2.75, 3.05) is 0 Å². The summed E-state index contributed by atoms with van der Waals surface area (Å²) in [6, 6.07) is 13.0. The molecule has 78 valence electrons. The Morgan fingerprint density at radius 2 is 2.00 bits per heavy atom. The van der Waals surface area contributed by atoms with Gasteiger partial charge in [-0.1, -0.05) is 24.3 Å². The molecule has 1 aromatic carbocycles. The summed E-state index contributed by atoms with van der Waals surface area (Å²) in [7, 11) is 0. The lowest BCUT2D eigenvalue weighted by molar-refractivity contribution is 0.863. The van der Waals surface area contributed by atoms with Crippen LogP contribution >= 0.6 is 0 Å². The maximum absolute atomic E-state index is 4.45. The standard InChI is InChI=1S/C14H12N2/c1-2-4-12-11(3-1)9-14(10-5-6-10)16-13(12)7-8-15-16/h1-4,7-10H,5-6H2. The molecule has 1 fully saturated rings. The average molecular weight is 208 g/mol. The molecule has 2 heteroatoms. The fourth-order valence-corrected chi connectivity index (χ4v) is 2.46. The first-order chi connectivity index (χ1) is 7.93. The Kier molecular flexibility index (Phi) is 1.48. The van der Waals surface area contributed by atoms with E-state index in [-0.39, 0.29) is 0 Å². The normalized spacial score (nSPS) is 16.0. The number of aromatic nitrogens is 2. The summed E-state index contributed by atoms with van der Waals surface area (Å²) in [6.07, 6.45) is 4.52. The number of rotatable bonds is 1. The fourth-order valence-electron chi connectivity index (χ4n) is 2.46. The van der Waals surface area contributed by atoms with E-state index in [1.165, 1.54) is 34.8 Å². The molecule has 0 aliphatic heterocycles. The first-order valence-corrected chi connectivity index (χ1v) is 5.79. The first-order valence-electron chi connectivity index (χ1n) is 5.79. The van der Waals surface area contributed by atoms with Crippen LogP contribution in [0.5, 0.6) is 0 Å². The third-order valence-electron chi connectivity index (χ3n) is 3.42. The van der Waals surface area contributed by atoms with E-state index in [4.69, 9.17) is 0 Å². The van der Waals surface area contributed by atoms with E-state index in [0.717, 1.165) is 5.92 Å². The van der Waals surface area contributed by atoms with Crippen LogP contribution in [-0.2, 0) is 0 Å². The van der Waals surface area contributed by atoms with Crippen LogP contribution in [0.15, 0.2) is 42.6 Å². The molecule has 1 saturated carbocycles. The summed E-state index contributed by atoms with van der Waals surface area (Å²) < 4.78 is 2.11. The van der Waals surface area contributed by atoms with Crippen LogP contribution in [0.3, 0.4) is 0 Å². The number of hydrogen-bond donors (Lipinski definition) is 0. The van der Waals surface area contributed by atoms with Crippen molar-refractivity contribution in [1.82, 2.24) is 9.61 Å². The second-order valence-electron chi connectivity index (χ2n) is 4.56. The highest BCUT2D eigenvalue weighted by Gasteiger charge is 2.26. The van der Waals surface area contributed by atoms with Gasteiger partial charge in [0, 0.05) is 17.0 Å². The molecule has 2 nitrogen and oxygen atoms in total. The highest BCUT2D eigenvalue weighted by atomic mass is 15.2. The molecule has 3 aromatic rings. The predicted molar refractivity (Wildman–Crippen MR) is 64.7 cm³/mol. The third kappa shape index (κ3) is 1.04. The molecule has 4 rings (SSSR count). The summed E-state index contributed by atoms with van der Waals surface area (Å²) in [5, 5.41) is 7.07. The highest BCUT2D eigenvalue weighted by Crippen LogP contribution is 2.41. The van der Waals surface area contributed by atoms with Gasteiger partial charge < -0.3 is 0 Å². The molecular formula is C14H12N2. The van der Waals surface area contributed by atoms with Crippen LogP contribution in [0.1, 0.15) is 24.5 Å².